The molecule has 1 aliphatic rings. The Morgan fingerprint density at radius 2 is 1.76 bits per heavy atom. The van der Waals surface area contributed by atoms with Gasteiger partial charge in [0.1, 0.15) is 22.3 Å². The molecule has 0 aliphatic heterocycles. The van der Waals surface area contributed by atoms with Crippen LogP contribution < -0.4 is 4.74 Å². The summed E-state index contributed by atoms with van der Waals surface area (Å²) in [6.07, 6.45) is 8.40. The summed E-state index contributed by atoms with van der Waals surface area (Å²) in [5, 5.41) is -0.0571. The van der Waals surface area contributed by atoms with E-state index >= 15 is 0 Å². The number of thiophene rings is 1. The number of pyridine rings is 1. The minimum absolute atomic E-state index is 0.00292. The number of hydrogen-bond donors (Lipinski definition) is 0. The van der Waals surface area contributed by atoms with Crippen LogP contribution in [0.25, 0.3) is 21.2 Å². The molecule has 0 radical (unpaired) electrons. The number of amides is 1. The van der Waals surface area contributed by atoms with Crippen molar-refractivity contribution >= 4 is 38.9 Å². The molecule has 0 bridgehead atoms. The third-order valence-corrected chi connectivity index (χ3v) is 9.22. The van der Waals surface area contributed by atoms with E-state index in [0.29, 0.717) is 18.2 Å². The number of aromatic nitrogens is 1. The highest BCUT2D eigenvalue weighted by molar-refractivity contribution is 7.21. The number of carbonyl (C=O) groups is 1. The fourth-order valence-electron chi connectivity index (χ4n) is 5.37. The molecular weight excluding hydrogens is 526 g/mol. The fraction of sp³-hybridized carbons (Fsp3) is 0.333. The zero-order chi connectivity index (χ0) is 26.8. The second-order valence-corrected chi connectivity index (χ2v) is 11.2. The molecule has 2 aromatic carbocycles. The van der Waals surface area contributed by atoms with E-state index in [2.05, 4.69) is 11.9 Å². The maximum absolute atomic E-state index is 14.6. The molecule has 1 fully saturated rings. The van der Waals surface area contributed by atoms with Crippen LogP contribution in [0.2, 0.25) is 5.02 Å². The Morgan fingerprint density at radius 3 is 2.42 bits per heavy atom. The molecule has 0 N–H and O–H groups in total. The zero-order valence-corrected chi connectivity index (χ0v) is 22.9. The molecular formula is C30H29ClF2N2O2S. The highest BCUT2D eigenvalue weighted by atomic mass is 35.5. The van der Waals surface area contributed by atoms with Gasteiger partial charge in [-0.15, -0.1) is 11.3 Å². The first-order valence-electron chi connectivity index (χ1n) is 12.8. The highest BCUT2D eigenvalue weighted by Crippen LogP contribution is 2.41. The van der Waals surface area contributed by atoms with Gasteiger partial charge in [-0.25, -0.2) is 8.78 Å². The Hall–Kier alpha value is -3.03. The van der Waals surface area contributed by atoms with E-state index in [1.54, 1.807) is 19.5 Å². The highest BCUT2D eigenvalue weighted by Gasteiger charge is 2.32. The van der Waals surface area contributed by atoms with E-state index in [1.165, 1.54) is 0 Å². The number of hydrogen-bond acceptors (Lipinski definition) is 4. The lowest BCUT2D eigenvalue weighted by Gasteiger charge is -2.37. The molecule has 38 heavy (non-hydrogen) atoms. The molecule has 0 saturated heterocycles. The Labute approximate surface area is 230 Å². The van der Waals surface area contributed by atoms with Crippen molar-refractivity contribution in [3.05, 3.63) is 82.0 Å². The summed E-state index contributed by atoms with van der Waals surface area (Å²) in [6, 6.07) is 11.9. The third kappa shape index (κ3) is 5.27. The largest absolute Gasteiger partial charge is 0.497 e. The Morgan fingerprint density at radius 1 is 1.05 bits per heavy atom. The molecule has 2 aromatic heterocycles. The first-order valence-corrected chi connectivity index (χ1v) is 14.0. The van der Waals surface area contributed by atoms with Gasteiger partial charge in [-0.05, 0) is 90.8 Å². The van der Waals surface area contributed by atoms with Crippen LogP contribution in [0.1, 0.15) is 54.3 Å². The molecule has 8 heteroatoms. The van der Waals surface area contributed by atoms with E-state index in [-0.39, 0.29) is 31.9 Å². The number of halogens is 3. The zero-order valence-electron chi connectivity index (χ0n) is 21.3. The van der Waals surface area contributed by atoms with Gasteiger partial charge in [-0.3, -0.25) is 9.78 Å². The summed E-state index contributed by atoms with van der Waals surface area (Å²) in [7, 11) is 1.62. The van der Waals surface area contributed by atoms with Gasteiger partial charge in [-0.2, -0.15) is 0 Å². The quantitative estimate of drug-likeness (QED) is 0.230. The molecule has 1 amide bonds. The van der Waals surface area contributed by atoms with Crippen molar-refractivity contribution in [3.63, 3.8) is 0 Å². The van der Waals surface area contributed by atoms with Crippen LogP contribution in [0, 0.1) is 17.6 Å². The number of benzene rings is 2. The van der Waals surface area contributed by atoms with Crippen molar-refractivity contribution in [2.75, 3.05) is 7.11 Å². The van der Waals surface area contributed by atoms with Gasteiger partial charge in [0.15, 0.2) is 0 Å². The topological polar surface area (TPSA) is 42.4 Å². The standard InChI is InChI=1S/C30H29ClF2N2O2S/c1-3-18-4-6-22(7-5-18)35(30(36)29-27(31)26-24(32)8-9-25(33)28(26)38-29)17-19-14-21(16-23(15-19)37-2)20-10-12-34-13-11-20/h8-16,18,22H,3-7,17H2,1-2H3/t18-,22-. The summed E-state index contributed by atoms with van der Waals surface area (Å²) in [5.74, 6) is -0.193. The van der Waals surface area contributed by atoms with Crippen molar-refractivity contribution < 1.29 is 18.3 Å². The molecule has 4 aromatic rings. The molecule has 1 aliphatic carbocycles. The molecule has 0 spiro atoms. The normalized spacial score (nSPS) is 17.5. The lowest BCUT2D eigenvalue weighted by Crippen LogP contribution is -2.41. The Bertz CT molecular complexity index is 1450. The summed E-state index contributed by atoms with van der Waals surface area (Å²) >= 11 is 7.46. The number of fused-ring (bicyclic) bond motifs is 1. The first-order chi connectivity index (χ1) is 18.4. The van der Waals surface area contributed by atoms with Gasteiger partial charge in [0, 0.05) is 25.0 Å². The maximum Gasteiger partial charge on any atom is 0.266 e. The lowest BCUT2D eigenvalue weighted by atomic mass is 9.83. The smallest absolute Gasteiger partial charge is 0.266 e. The molecule has 198 valence electrons. The average Bonchev–Trinajstić information content (AvgIpc) is 3.32. The van der Waals surface area contributed by atoms with Crippen molar-refractivity contribution in [3.8, 4) is 16.9 Å². The van der Waals surface area contributed by atoms with E-state index in [0.717, 1.165) is 72.3 Å². The van der Waals surface area contributed by atoms with Gasteiger partial charge >= 0.3 is 0 Å². The van der Waals surface area contributed by atoms with E-state index in [9.17, 15) is 13.6 Å². The molecule has 2 heterocycles. The summed E-state index contributed by atoms with van der Waals surface area (Å²) in [4.78, 5) is 20.2. The third-order valence-electron chi connectivity index (χ3n) is 7.54. The number of methoxy groups -OCH3 is 1. The lowest BCUT2D eigenvalue weighted by molar-refractivity contribution is 0.0592. The number of rotatable bonds is 7. The van der Waals surface area contributed by atoms with Crippen molar-refractivity contribution in [2.45, 2.75) is 51.6 Å². The van der Waals surface area contributed by atoms with Crippen LogP contribution in [0.15, 0.2) is 54.9 Å². The van der Waals surface area contributed by atoms with Crippen LogP contribution >= 0.6 is 22.9 Å². The van der Waals surface area contributed by atoms with Crippen molar-refractivity contribution in [1.29, 1.82) is 0 Å². The van der Waals surface area contributed by atoms with Crippen LogP contribution in [-0.2, 0) is 6.54 Å². The fourth-order valence-corrected chi connectivity index (χ4v) is 6.88. The molecule has 4 nitrogen and oxygen atoms in total. The van der Waals surface area contributed by atoms with Gasteiger partial charge in [-0.1, -0.05) is 24.9 Å². The average molecular weight is 555 g/mol. The van der Waals surface area contributed by atoms with Gasteiger partial charge < -0.3 is 9.64 Å². The van der Waals surface area contributed by atoms with E-state index < -0.39 is 11.6 Å². The Balaban J connectivity index is 1.55. The number of nitrogens with zero attached hydrogens (tertiary/aromatic N) is 2. The minimum Gasteiger partial charge on any atom is -0.497 e. The molecule has 1 saturated carbocycles. The summed E-state index contributed by atoms with van der Waals surface area (Å²) < 4.78 is 34.8. The SMILES string of the molecule is CC[C@H]1CC[C@H](N(Cc2cc(OC)cc(-c3ccncc3)c2)C(=O)c2sc3c(F)ccc(F)c3c2Cl)CC1. The van der Waals surface area contributed by atoms with Gasteiger partial charge in [0.05, 0.1) is 22.2 Å². The second-order valence-electron chi connectivity index (χ2n) is 9.80. The second kappa shape index (κ2) is 11.4. The first kappa shape index (κ1) is 26.6. The summed E-state index contributed by atoms with van der Waals surface area (Å²) in [5.41, 5.74) is 2.84. The predicted octanol–water partition coefficient (Wildman–Crippen LogP) is 8.51. The maximum atomic E-state index is 14.6. The van der Waals surface area contributed by atoms with Gasteiger partial charge in [0.2, 0.25) is 0 Å². The van der Waals surface area contributed by atoms with Crippen LogP contribution in [0.3, 0.4) is 0 Å². The molecule has 0 unspecified atom stereocenters. The molecule has 5 rings (SSSR count). The number of carbonyl (C=O) groups excluding carboxylic acids is 1. The molecule has 0 atom stereocenters. The number of ether oxygens (including phenoxy) is 1. The summed E-state index contributed by atoms with van der Waals surface area (Å²) in [6.45, 7) is 2.52. The van der Waals surface area contributed by atoms with E-state index in [4.69, 9.17) is 16.3 Å². The van der Waals surface area contributed by atoms with Gasteiger partial charge in [0.25, 0.3) is 5.91 Å². The van der Waals surface area contributed by atoms with Crippen LogP contribution in [0.4, 0.5) is 8.78 Å². The van der Waals surface area contributed by atoms with Crippen LogP contribution in [0.5, 0.6) is 5.75 Å². The van der Waals surface area contributed by atoms with Crippen LogP contribution in [-0.4, -0.2) is 28.9 Å². The monoisotopic (exact) mass is 554 g/mol. The minimum atomic E-state index is -0.633. The van der Waals surface area contributed by atoms with E-state index in [1.807, 2.05) is 35.2 Å². The Kier molecular flexibility index (Phi) is 7.96. The van der Waals surface area contributed by atoms with Crippen molar-refractivity contribution in [2.24, 2.45) is 5.92 Å². The predicted molar refractivity (Wildman–Crippen MR) is 149 cm³/mol. The van der Waals surface area contributed by atoms with Crippen molar-refractivity contribution in [1.82, 2.24) is 9.88 Å².